The first-order valence-electron chi connectivity index (χ1n) is 7.54. The van der Waals surface area contributed by atoms with Crippen molar-refractivity contribution in [2.24, 2.45) is 11.7 Å². The van der Waals surface area contributed by atoms with Crippen molar-refractivity contribution >= 4 is 5.91 Å². The number of halogens is 2. The largest absolute Gasteiger partial charge is 0.369 e. The van der Waals surface area contributed by atoms with Crippen LogP contribution in [0.4, 0.5) is 8.78 Å². The molecule has 0 bridgehead atoms. The zero-order valence-corrected chi connectivity index (χ0v) is 12.6. The van der Waals surface area contributed by atoms with Gasteiger partial charge in [-0.1, -0.05) is 6.07 Å². The summed E-state index contributed by atoms with van der Waals surface area (Å²) >= 11 is 0. The van der Waals surface area contributed by atoms with Gasteiger partial charge in [0.25, 0.3) is 0 Å². The summed E-state index contributed by atoms with van der Waals surface area (Å²) in [5.74, 6) is -1.75. The second kappa shape index (κ2) is 6.45. The number of aromatic amines is 1. The lowest BCUT2D eigenvalue weighted by molar-refractivity contribution is -0.123. The summed E-state index contributed by atoms with van der Waals surface area (Å²) in [5, 5.41) is 6.60. The van der Waals surface area contributed by atoms with Crippen LogP contribution in [-0.4, -0.2) is 34.1 Å². The smallest absolute Gasteiger partial charge is 0.221 e. The zero-order valence-electron chi connectivity index (χ0n) is 12.6. The molecule has 0 radical (unpaired) electrons. The van der Waals surface area contributed by atoms with Gasteiger partial charge in [0.2, 0.25) is 5.91 Å². The number of nitrogens with two attached hydrogens (primary N) is 1. The van der Waals surface area contributed by atoms with E-state index in [0.717, 1.165) is 19.4 Å². The highest BCUT2D eigenvalue weighted by Crippen LogP contribution is 2.28. The van der Waals surface area contributed by atoms with E-state index in [0.29, 0.717) is 24.3 Å². The molecular weight excluding hydrogens is 302 g/mol. The number of hydrogen-bond donors (Lipinski definition) is 2. The maximum Gasteiger partial charge on any atom is 0.221 e. The van der Waals surface area contributed by atoms with E-state index in [-0.39, 0.29) is 17.4 Å². The Bertz CT molecular complexity index is 696. The summed E-state index contributed by atoms with van der Waals surface area (Å²) in [4.78, 5) is 13.4. The Morgan fingerprint density at radius 1 is 1.39 bits per heavy atom. The summed E-state index contributed by atoms with van der Waals surface area (Å²) in [6.45, 7) is 1.83. The highest BCUT2D eigenvalue weighted by Gasteiger charge is 2.25. The van der Waals surface area contributed by atoms with Crippen molar-refractivity contribution in [3.63, 3.8) is 0 Å². The first-order chi connectivity index (χ1) is 11.1. The molecule has 0 saturated carbocycles. The third-order valence-electron chi connectivity index (χ3n) is 4.23. The van der Waals surface area contributed by atoms with Gasteiger partial charge in [-0.2, -0.15) is 5.10 Å². The van der Waals surface area contributed by atoms with E-state index in [2.05, 4.69) is 15.1 Å². The molecule has 122 valence electrons. The van der Waals surface area contributed by atoms with Crippen molar-refractivity contribution in [2.45, 2.75) is 19.4 Å². The molecule has 1 fully saturated rings. The van der Waals surface area contributed by atoms with Crippen molar-refractivity contribution in [3.8, 4) is 11.3 Å². The van der Waals surface area contributed by atoms with Crippen LogP contribution in [0.5, 0.6) is 0 Å². The lowest BCUT2D eigenvalue weighted by atomic mass is 9.97. The Balaban J connectivity index is 1.83. The zero-order chi connectivity index (χ0) is 16.4. The molecular formula is C16H18F2N4O. The third-order valence-corrected chi connectivity index (χ3v) is 4.23. The van der Waals surface area contributed by atoms with Crippen LogP contribution < -0.4 is 5.73 Å². The molecule has 1 amide bonds. The minimum Gasteiger partial charge on any atom is -0.369 e. The Labute approximate surface area is 132 Å². The number of likely N-dealkylation sites (tertiary alicyclic amines) is 1. The number of aromatic nitrogens is 2. The number of H-pyrrole nitrogens is 1. The highest BCUT2D eigenvalue weighted by molar-refractivity contribution is 5.77. The fraction of sp³-hybridized carbons (Fsp3) is 0.375. The quantitative estimate of drug-likeness (QED) is 0.905. The van der Waals surface area contributed by atoms with E-state index in [1.807, 2.05) is 0 Å². The number of amides is 1. The molecule has 0 unspecified atom stereocenters. The van der Waals surface area contributed by atoms with Crippen LogP contribution in [0.3, 0.4) is 0 Å². The maximum absolute atomic E-state index is 14.0. The average Bonchev–Trinajstić information content (AvgIpc) is 2.95. The minimum absolute atomic E-state index is 0.108. The van der Waals surface area contributed by atoms with Gasteiger partial charge in [-0.3, -0.25) is 14.8 Å². The molecule has 2 aromatic rings. The van der Waals surface area contributed by atoms with Crippen molar-refractivity contribution in [1.29, 1.82) is 0 Å². The SMILES string of the molecule is NC(=O)[C@@H]1CCCN(Cc2cn[nH]c2-c2c(F)cccc2F)C1. The number of primary amides is 1. The molecule has 1 aliphatic rings. The number of carbonyl (C=O) groups is 1. The molecule has 23 heavy (non-hydrogen) atoms. The number of benzene rings is 1. The van der Waals surface area contributed by atoms with E-state index in [4.69, 9.17) is 5.73 Å². The van der Waals surface area contributed by atoms with Gasteiger partial charge in [0.1, 0.15) is 11.6 Å². The molecule has 1 atom stereocenters. The number of rotatable bonds is 4. The molecule has 2 heterocycles. The summed E-state index contributed by atoms with van der Waals surface area (Å²) < 4.78 is 28.0. The Kier molecular flexibility index (Phi) is 4.38. The Morgan fingerprint density at radius 3 is 2.83 bits per heavy atom. The van der Waals surface area contributed by atoms with E-state index >= 15 is 0 Å². The minimum atomic E-state index is -0.635. The summed E-state index contributed by atoms with van der Waals surface area (Å²) in [6.07, 6.45) is 3.22. The number of nitrogens with zero attached hydrogens (tertiary/aromatic N) is 2. The number of hydrogen-bond acceptors (Lipinski definition) is 3. The van der Waals surface area contributed by atoms with E-state index < -0.39 is 11.6 Å². The van der Waals surface area contributed by atoms with Gasteiger partial charge in [-0.15, -0.1) is 0 Å². The van der Waals surface area contributed by atoms with Gasteiger partial charge in [0, 0.05) is 18.7 Å². The molecule has 5 nitrogen and oxygen atoms in total. The second-order valence-corrected chi connectivity index (χ2v) is 5.84. The maximum atomic E-state index is 14.0. The molecule has 1 aromatic carbocycles. The fourth-order valence-corrected chi connectivity index (χ4v) is 3.06. The van der Waals surface area contributed by atoms with E-state index in [9.17, 15) is 13.6 Å². The molecule has 7 heteroatoms. The van der Waals surface area contributed by atoms with Gasteiger partial charge in [0.15, 0.2) is 0 Å². The van der Waals surface area contributed by atoms with Crippen molar-refractivity contribution in [3.05, 3.63) is 41.6 Å². The average molecular weight is 320 g/mol. The molecule has 3 rings (SSSR count). The number of piperidine rings is 1. The molecule has 1 saturated heterocycles. The van der Waals surface area contributed by atoms with Crippen LogP contribution >= 0.6 is 0 Å². The fourth-order valence-electron chi connectivity index (χ4n) is 3.06. The first kappa shape index (κ1) is 15.6. The normalized spacial score (nSPS) is 19.0. The standard InChI is InChI=1S/C16H18F2N4O/c17-12-4-1-5-13(18)14(12)15-11(7-20-21-15)9-22-6-2-3-10(8-22)16(19)23/h1,4-5,7,10H,2-3,6,8-9H2,(H2,19,23)(H,20,21)/t10-/m1/s1. The molecule has 1 aromatic heterocycles. The summed E-state index contributed by atoms with van der Waals surface area (Å²) in [7, 11) is 0. The van der Waals surface area contributed by atoms with E-state index in [1.54, 1.807) is 6.20 Å². The molecule has 3 N–H and O–H groups in total. The molecule has 0 spiro atoms. The molecule has 0 aliphatic carbocycles. The van der Waals surface area contributed by atoms with Crippen LogP contribution in [0, 0.1) is 17.6 Å². The number of carbonyl (C=O) groups excluding carboxylic acids is 1. The van der Waals surface area contributed by atoms with E-state index in [1.165, 1.54) is 18.2 Å². The topological polar surface area (TPSA) is 75.0 Å². The van der Waals surface area contributed by atoms with Crippen molar-refractivity contribution in [1.82, 2.24) is 15.1 Å². The van der Waals surface area contributed by atoms with Crippen LogP contribution in [0.1, 0.15) is 18.4 Å². The second-order valence-electron chi connectivity index (χ2n) is 5.84. The van der Waals surface area contributed by atoms with Gasteiger partial charge >= 0.3 is 0 Å². The van der Waals surface area contributed by atoms with Crippen LogP contribution in [0.2, 0.25) is 0 Å². The van der Waals surface area contributed by atoms with Gasteiger partial charge < -0.3 is 5.73 Å². The van der Waals surface area contributed by atoms with Gasteiger partial charge in [-0.25, -0.2) is 8.78 Å². The Hall–Kier alpha value is -2.28. The molecule has 1 aliphatic heterocycles. The van der Waals surface area contributed by atoms with Crippen LogP contribution in [-0.2, 0) is 11.3 Å². The lowest BCUT2D eigenvalue weighted by Gasteiger charge is -2.31. The first-order valence-corrected chi connectivity index (χ1v) is 7.54. The summed E-state index contributed by atoms with van der Waals surface area (Å²) in [5.41, 5.74) is 6.30. The van der Waals surface area contributed by atoms with Crippen molar-refractivity contribution in [2.75, 3.05) is 13.1 Å². The third kappa shape index (κ3) is 3.24. The summed E-state index contributed by atoms with van der Waals surface area (Å²) in [6, 6.07) is 3.76. The predicted molar refractivity (Wildman–Crippen MR) is 81.1 cm³/mol. The Morgan fingerprint density at radius 2 is 2.13 bits per heavy atom. The monoisotopic (exact) mass is 320 g/mol. The van der Waals surface area contributed by atoms with Crippen molar-refractivity contribution < 1.29 is 13.6 Å². The van der Waals surface area contributed by atoms with Gasteiger partial charge in [-0.05, 0) is 31.5 Å². The van der Waals surface area contributed by atoms with Crippen LogP contribution in [0.25, 0.3) is 11.3 Å². The number of nitrogens with one attached hydrogen (secondary N) is 1. The van der Waals surface area contributed by atoms with Gasteiger partial charge in [0.05, 0.1) is 23.4 Å². The lowest BCUT2D eigenvalue weighted by Crippen LogP contribution is -2.40. The van der Waals surface area contributed by atoms with Crippen LogP contribution in [0.15, 0.2) is 24.4 Å². The predicted octanol–water partition coefficient (Wildman–Crippen LogP) is 2.05. The highest BCUT2D eigenvalue weighted by atomic mass is 19.1.